The van der Waals surface area contributed by atoms with Crippen molar-refractivity contribution in [3.63, 3.8) is 0 Å². The van der Waals surface area contributed by atoms with E-state index in [0.717, 1.165) is 11.1 Å². The topological polar surface area (TPSA) is 80.3 Å². The molecule has 3 aromatic rings. The van der Waals surface area contributed by atoms with Gasteiger partial charge in [0, 0.05) is 9.79 Å². The van der Waals surface area contributed by atoms with Gasteiger partial charge in [-0.25, -0.2) is 0 Å². The van der Waals surface area contributed by atoms with Gasteiger partial charge in [0.25, 0.3) is 0 Å². The first-order valence-corrected chi connectivity index (χ1v) is 10.5. The fraction of sp³-hybridized carbons (Fsp3) is 0. The summed E-state index contributed by atoms with van der Waals surface area (Å²) < 4.78 is 45.0. The van der Waals surface area contributed by atoms with Gasteiger partial charge in [-0.15, -0.1) is 0 Å². The van der Waals surface area contributed by atoms with Gasteiger partial charge < -0.3 is 9.11 Å². The van der Waals surface area contributed by atoms with Crippen molar-refractivity contribution in [3.8, 4) is 0 Å². The molecule has 0 fully saturated rings. The number of rotatable bonds is 6. The minimum Gasteiger partial charge on any atom is -0.768 e. The molecular formula is C22H16Na2O4S2. The Morgan fingerprint density at radius 1 is 0.533 bits per heavy atom. The SMILES string of the molecule is O=S([O-])c1ccccc1C=Cc1ccc(C=Cc2ccccc2S(=O)[O-])cc1.[Na+].[Na+]. The molecule has 2 unspecified atom stereocenters. The Balaban J connectivity index is 0.00000225. The van der Waals surface area contributed by atoms with E-state index in [4.69, 9.17) is 0 Å². The summed E-state index contributed by atoms with van der Waals surface area (Å²) in [7, 11) is 0. The Labute approximate surface area is 225 Å². The Kier molecular flexibility index (Phi) is 12.5. The zero-order valence-electron chi connectivity index (χ0n) is 16.7. The van der Waals surface area contributed by atoms with Crippen LogP contribution in [0.2, 0.25) is 0 Å². The third-order valence-corrected chi connectivity index (χ3v) is 5.51. The van der Waals surface area contributed by atoms with Crippen LogP contribution < -0.4 is 59.1 Å². The van der Waals surface area contributed by atoms with E-state index in [0.29, 0.717) is 11.1 Å². The van der Waals surface area contributed by atoms with E-state index < -0.39 is 22.2 Å². The molecule has 0 spiro atoms. The quantitative estimate of drug-likeness (QED) is 0.258. The summed E-state index contributed by atoms with van der Waals surface area (Å²) in [6.07, 6.45) is 7.20. The summed E-state index contributed by atoms with van der Waals surface area (Å²) in [6, 6.07) is 21.2. The second-order valence-electron chi connectivity index (χ2n) is 5.88. The molecule has 0 aliphatic rings. The van der Waals surface area contributed by atoms with E-state index in [9.17, 15) is 17.5 Å². The fourth-order valence-electron chi connectivity index (χ4n) is 2.63. The van der Waals surface area contributed by atoms with Crippen LogP contribution >= 0.6 is 0 Å². The first kappa shape index (κ1) is 27.4. The van der Waals surface area contributed by atoms with E-state index in [1.165, 1.54) is 0 Å². The molecule has 3 aromatic carbocycles. The van der Waals surface area contributed by atoms with Gasteiger partial charge in [0.1, 0.15) is 0 Å². The van der Waals surface area contributed by atoms with Crippen LogP contribution in [0, 0.1) is 0 Å². The van der Waals surface area contributed by atoms with Crippen LogP contribution in [0.15, 0.2) is 82.6 Å². The van der Waals surface area contributed by atoms with Gasteiger partial charge >= 0.3 is 59.1 Å². The second kappa shape index (κ2) is 13.7. The van der Waals surface area contributed by atoms with Crippen molar-refractivity contribution in [2.24, 2.45) is 0 Å². The summed E-state index contributed by atoms with van der Waals surface area (Å²) in [5.74, 6) is 0. The molecule has 0 aliphatic heterocycles. The molecule has 142 valence electrons. The minimum absolute atomic E-state index is 0. The van der Waals surface area contributed by atoms with Crippen molar-refractivity contribution in [3.05, 3.63) is 95.1 Å². The first-order valence-electron chi connectivity index (χ1n) is 8.37. The predicted octanol–water partition coefficient (Wildman–Crippen LogP) is -1.49. The van der Waals surface area contributed by atoms with Gasteiger partial charge in [-0.2, -0.15) is 0 Å². The van der Waals surface area contributed by atoms with Gasteiger partial charge in [0.15, 0.2) is 0 Å². The molecule has 0 N–H and O–H groups in total. The van der Waals surface area contributed by atoms with Gasteiger partial charge in [-0.3, -0.25) is 8.42 Å². The van der Waals surface area contributed by atoms with Crippen molar-refractivity contribution in [1.82, 2.24) is 0 Å². The molecule has 8 heteroatoms. The van der Waals surface area contributed by atoms with Crippen molar-refractivity contribution in [2.45, 2.75) is 9.79 Å². The van der Waals surface area contributed by atoms with Crippen molar-refractivity contribution >= 4 is 46.5 Å². The van der Waals surface area contributed by atoms with Crippen LogP contribution in [0.3, 0.4) is 0 Å². The monoisotopic (exact) mass is 454 g/mol. The maximum absolute atomic E-state index is 11.3. The molecular weight excluding hydrogens is 438 g/mol. The summed E-state index contributed by atoms with van der Waals surface area (Å²) in [6.45, 7) is 0. The van der Waals surface area contributed by atoms with Crippen LogP contribution in [-0.2, 0) is 22.2 Å². The van der Waals surface area contributed by atoms with E-state index in [1.54, 1.807) is 60.7 Å². The number of hydrogen-bond donors (Lipinski definition) is 0. The molecule has 3 rings (SSSR count). The second-order valence-corrected chi connectivity index (χ2v) is 7.70. The molecule has 0 amide bonds. The van der Waals surface area contributed by atoms with Crippen LogP contribution in [0.4, 0.5) is 0 Å². The standard InChI is InChI=1S/C22H18O4S2.2Na/c23-27(24)21-7-3-1-5-19(21)15-13-17-9-11-18(12-10-17)14-16-20-6-2-4-8-22(20)28(25)26;;/h1-16H,(H,23,24)(H,25,26);;/q;2*+1/p-2. The van der Waals surface area contributed by atoms with Crippen molar-refractivity contribution in [1.29, 1.82) is 0 Å². The maximum atomic E-state index is 11.3. The molecule has 0 bridgehead atoms. The van der Waals surface area contributed by atoms with E-state index in [-0.39, 0.29) is 68.9 Å². The van der Waals surface area contributed by atoms with Crippen molar-refractivity contribution in [2.75, 3.05) is 0 Å². The molecule has 2 atom stereocenters. The summed E-state index contributed by atoms with van der Waals surface area (Å²) in [5.41, 5.74) is 3.10. The average Bonchev–Trinajstić information content (AvgIpc) is 2.71. The number of benzene rings is 3. The summed E-state index contributed by atoms with van der Waals surface area (Å²) in [4.78, 5) is 0.514. The summed E-state index contributed by atoms with van der Waals surface area (Å²) in [5, 5.41) is 0. The molecule has 0 radical (unpaired) electrons. The normalized spacial score (nSPS) is 12.9. The van der Waals surface area contributed by atoms with Gasteiger partial charge in [-0.1, -0.05) is 85.0 Å². The fourth-order valence-corrected chi connectivity index (χ4v) is 3.67. The molecule has 4 nitrogen and oxygen atoms in total. The summed E-state index contributed by atoms with van der Waals surface area (Å²) >= 11 is -4.57. The third kappa shape index (κ3) is 7.80. The zero-order valence-corrected chi connectivity index (χ0v) is 22.3. The molecule has 0 saturated carbocycles. The third-order valence-electron chi connectivity index (χ3n) is 4.04. The molecule has 0 aliphatic carbocycles. The smallest absolute Gasteiger partial charge is 0.768 e. The maximum Gasteiger partial charge on any atom is 1.00 e. The number of hydrogen-bond acceptors (Lipinski definition) is 4. The van der Waals surface area contributed by atoms with Crippen LogP contribution in [0.5, 0.6) is 0 Å². The van der Waals surface area contributed by atoms with Gasteiger partial charge in [0.2, 0.25) is 0 Å². The van der Waals surface area contributed by atoms with Gasteiger partial charge in [0.05, 0.1) is 0 Å². The van der Waals surface area contributed by atoms with Crippen LogP contribution in [0.1, 0.15) is 22.3 Å². The Morgan fingerprint density at radius 3 is 1.20 bits per heavy atom. The van der Waals surface area contributed by atoms with Crippen molar-refractivity contribution < 1.29 is 76.6 Å². The Bertz CT molecular complexity index is 994. The molecule has 0 saturated heterocycles. The first-order chi connectivity index (χ1) is 13.5. The molecule has 0 heterocycles. The van der Waals surface area contributed by atoms with E-state index >= 15 is 0 Å². The minimum atomic E-state index is -2.28. The van der Waals surface area contributed by atoms with E-state index in [1.807, 2.05) is 36.4 Å². The Morgan fingerprint density at radius 2 is 0.867 bits per heavy atom. The zero-order chi connectivity index (χ0) is 19.9. The van der Waals surface area contributed by atoms with E-state index in [2.05, 4.69) is 0 Å². The Hall–Kier alpha value is -0.640. The molecule has 0 aromatic heterocycles. The van der Waals surface area contributed by atoms with Crippen LogP contribution in [0.25, 0.3) is 24.3 Å². The van der Waals surface area contributed by atoms with Crippen LogP contribution in [-0.4, -0.2) is 17.5 Å². The molecule has 30 heavy (non-hydrogen) atoms. The largest absolute Gasteiger partial charge is 1.00 e. The predicted molar refractivity (Wildman–Crippen MR) is 112 cm³/mol. The average molecular weight is 454 g/mol. The van der Waals surface area contributed by atoms with Gasteiger partial charge in [-0.05, 0) is 56.5 Å².